The van der Waals surface area contributed by atoms with Crippen molar-refractivity contribution in [3.05, 3.63) is 134 Å². The number of unbranched alkanes of at least 4 members (excludes halogenated alkanes) is 21. The van der Waals surface area contributed by atoms with Gasteiger partial charge in [-0.3, -0.25) is 13.8 Å². The summed E-state index contributed by atoms with van der Waals surface area (Å²) in [6.07, 6.45) is 85.6. The number of hydrogen-bond donors (Lipinski definition) is 3. The van der Waals surface area contributed by atoms with Crippen LogP contribution in [0.5, 0.6) is 0 Å². The van der Waals surface area contributed by atoms with Crippen LogP contribution in [-0.2, 0) is 18.4 Å². The third kappa shape index (κ3) is 58.3. The van der Waals surface area contributed by atoms with Gasteiger partial charge in [-0.05, 0) is 109 Å². The van der Waals surface area contributed by atoms with Crippen molar-refractivity contribution in [1.29, 1.82) is 0 Å². The topological polar surface area (TPSA) is 105 Å². The molecule has 0 radical (unpaired) electrons. The van der Waals surface area contributed by atoms with Crippen molar-refractivity contribution in [2.24, 2.45) is 0 Å². The maximum Gasteiger partial charge on any atom is 0.472 e. The molecule has 0 fully saturated rings. The van der Waals surface area contributed by atoms with Gasteiger partial charge in [0.1, 0.15) is 13.2 Å². The molecule has 0 heterocycles. The van der Waals surface area contributed by atoms with Crippen LogP contribution in [0.25, 0.3) is 0 Å². The second-order valence-electron chi connectivity index (χ2n) is 21.3. The summed E-state index contributed by atoms with van der Waals surface area (Å²) in [7, 11) is 1.53. The second kappa shape index (κ2) is 56.4. The van der Waals surface area contributed by atoms with Crippen LogP contribution in [0.3, 0.4) is 0 Å². The average Bonchev–Trinajstić information content (AvgIpc) is 3.38. The van der Waals surface area contributed by atoms with Crippen molar-refractivity contribution in [3.8, 4) is 0 Å². The number of quaternary nitrogens is 1. The molecule has 1 amide bonds. The number of aliphatic hydroxyl groups excluding tert-OH is 1. The van der Waals surface area contributed by atoms with Gasteiger partial charge in [0.2, 0.25) is 5.91 Å². The van der Waals surface area contributed by atoms with Crippen molar-refractivity contribution in [3.63, 3.8) is 0 Å². The Labute approximate surface area is 468 Å². The van der Waals surface area contributed by atoms with E-state index in [1.807, 2.05) is 27.2 Å². The summed E-state index contributed by atoms with van der Waals surface area (Å²) in [6, 6.07) is -0.880. The minimum Gasteiger partial charge on any atom is -0.387 e. The monoisotopic (exact) mass is 1080 g/mol. The fraction of sp³-hybridized carbons (Fsp3) is 0.657. The summed E-state index contributed by atoms with van der Waals surface area (Å²) in [4.78, 5) is 23.3. The lowest BCUT2D eigenvalue weighted by atomic mass is 10.0. The molecule has 0 saturated heterocycles. The van der Waals surface area contributed by atoms with Gasteiger partial charge in [0, 0.05) is 6.42 Å². The van der Waals surface area contributed by atoms with Crippen LogP contribution in [0.15, 0.2) is 134 Å². The summed E-state index contributed by atoms with van der Waals surface area (Å²) in [5, 5.41) is 13.9. The third-order valence-corrected chi connectivity index (χ3v) is 13.8. The van der Waals surface area contributed by atoms with Crippen LogP contribution in [0.1, 0.15) is 232 Å². The van der Waals surface area contributed by atoms with Crippen LogP contribution in [0.2, 0.25) is 0 Å². The number of phosphoric ester groups is 1. The zero-order valence-electron chi connectivity index (χ0n) is 49.4. The SMILES string of the molecule is CC/C=C\C/C=C\C/C=C\C/C=C\C/C=C\C/C=C\C/C=C\C/C=C\CCCCCCCCCCCCCCC(=O)NC(COP(=O)(O)OCC[N+](C)(C)C)C(O)/C=C/CC/C=C/CC/C=C/CCCCCCCCC. The molecule has 434 valence electrons. The average molecular weight is 1080 g/mol. The molecule has 8 nitrogen and oxygen atoms in total. The van der Waals surface area contributed by atoms with Crippen LogP contribution < -0.4 is 5.32 Å². The summed E-state index contributed by atoms with van der Waals surface area (Å²) >= 11 is 0. The first kappa shape index (κ1) is 72.6. The van der Waals surface area contributed by atoms with E-state index in [1.54, 1.807) is 6.08 Å². The Morgan fingerprint density at radius 3 is 1.21 bits per heavy atom. The summed E-state index contributed by atoms with van der Waals surface area (Å²) in [6.45, 7) is 4.65. The minimum absolute atomic E-state index is 0.0473. The highest BCUT2D eigenvalue weighted by Crippen LogP contribution is 2.43. The predicted molar refractivity (Wildman–Crippen MR) is 331 cm³/mol. The molecule has 0 spiro atoms. The van der Waals surface area contributed by atoms with Crippen molar-refractivity contribution in [2.45, 2.75) is 244 Å². The van der Waals surface area contributed by atoms with Gasteiger partial charge in [0.25, 0.3) is 0 Å². The first-order valence-corrected chi connectivity index (χ1v) is 32.1. The molecule has 3 N–H and O–H groups in total. The molecule has 0 aromatic heterocycles. The number of amides is 1. The first-order chi connectivity index (χ1) is 37.0. The van der Waals surface area contributed by atoms with Crippen molar-refractivity contribution in [2.75, 3.05) is 40.9 Å². The lowest BCUT2D eigenvalue weighted by Crippen LogP contribution is -2.45. The number of carbonyl (C=O) groups excluding carboxylic acids is 1. The highest BCUT2D eigenvalue weighted by atomic mass is 31.2. The zero-order valence-corrected chi connectivity index (χ0v) is 50.3. The quantitative estimate of drug-likeness (QED) is 0.0243. The number of rotatable bonds is 54. The fourth-order valence-electron chi connectivity index (χ4n) is 8.09. The van der Waals surface area contributed by atoms with E-state index in [2.05, 4.69) is 141 Å². The molecule has 0 aromatic rings. The highest BCUT2D eigenvalue weighted by Gasteiger charge is 2.27. The maximum absolute atomic E-state index is 13.0. The van der Waals surface area contributed by atoms with Gasteiger partial charge in [-0.2, -0.15) is 0 Å². The normalized spacial score (nSPS) is 14.8. The van der Waals surface area contributed by atoms with Crippen molar-refractivity contribution in [1.82, 2.24) is 5.32 Å². The molecule has 0 rings (SSSR count). The van der Waals surface area contributed by atoms with Gasteiger partial charge in [-0.25, -0.2) is 4.57 Å². The van der Waals surface area contributed by atoms with Gasteiger partial charge in [0.15, 0.2) is 0 Å². The third-order valence-electron chi connectivity index (χ3n) is 12.8. The minimum atomic E-state index is -4.37. The molecule has 0 aliphatic rings. The largest absolute Gasteiger partial charge is 0.472 e. The molecule has 0 bridgehead atoms. The highest BCUT2D eigenvalue weighted by molar-refractivity contribution is 7.47. The number of allylic oxidation sites excluding steroid dienone is 21. The Bertz CT molecular complexity index is 1700. The maximum atomic E-state index is 13.0. The number of likely N-dealkylation sites (N-methyl/N-ethyl adjacent to an activating group) is 1. The standard InChI is InChI=1S/C67H115N2O6P/c1-6-8-10-12-14-16-18-20-22-24-25-26-27-28-29-30-31-32-33-34-35-36-37-38-39-40-41-42-43-45-47-49-51-53-55-57-59-61-67(71)68-65(64-75-76(72,73)74-63-62-69(3,4)5)66(70)60-58-56-54-52-50-48-46-44-23-21-19-17-15-13-11-9-7-2/h8,10,14,16,20,22-23,25-26,28-29,31-32,34-35,37-38,44,50,52,58,60,65-66,70H,6-7,9,11-13,15,17-19,21,24,27,30,33,36,39-43,45-49,51,53-57,59,61-64H2,1-5H3,(H-,68,71,72,73)/p+1/b10-8-,16-14-,22-20-,26-25-,29-28-,32-31-,35-34-,38-37-,44-23+,52-50+,60-58+. The van der Waals surface area contributed by atoms with E-state index in [9.17, 15) is 19.4 Å². The van der Waals surface area contributed by atoms with E-state index >= 15 is 0 Å². The summed E-state index contributed by atoms with van der Waals surface area (Å²) in [5.74, 6) is -0.198. The van der Waals surface area contributed by atoms with Gasteiger partial charge in [-0.1, -0.05) is 250 Å². The second-order valence-corrected chi connectivity index (χ2v) is 22.8. The molecule has 9 heteroatoms. The van der Waals surface area contributed by atoms with Gasteiger partial charge in [-0.15, -0.1) is 0 Å². The van der Waals surface area contributed by atoms with E-state index in [0.717, 1.165) is 96.3 Å². The van der Waals surface area contributed by atoms with Crippen molar-refractivity contribution < 1.29 is 32.9 Å². The number of phosphoric acid groups is 1. The summed E-state index contributed by atoms with van der Waals surface area (Å²) < 4.78 is 23.7. The Morgan fingerprint density at radius 1 is 0.461 bits per heavy atom. The fourth-order valence-corrected chi connectivity index (χ4v) is 8.82. The van der Waals surface area contributed by atoms with Crippen LogP contribution in [0.4, 0.5) is 0 Å². The van der Waals surface area contributed by atoms with E-state index in [0.29, 0.717) is 17.4 Å². The van der Waals surface area contributed by atoms with Gasteiger partial charge >= 0.3 is 7.82 Å². The first-order valence-electron chi connectivity index (χ1n) is 30.6. The molecule has 0 aliphatic heterocycles. The molecule has 0 aliphatic carbocycles. The lowest BCUT2D eigenvalue weighted by molar-refractivity contribution is -0.870. The number of aliphatic hydroxyl groups is 1. The van der Waals surface area contributed by atoms with E-state index in [-0.39, 0.29) is 19.1 Å². The number of carbonyl (C=O) groups is 1. The lowest BCUT2D eigenvalue weighted by Gasteiger charge is -2.25. The summed E-state index contributed by atoms with van der Waals surface area (Å²) in [5.41, 5.74) is 0. The van der Waals surface area contributed by atoms with Gasteiger partial charge in [0.05, 0.1) is 39.9 Å². The number of nitrogens with one attached hydrogen (secondary N) is 1. The molecular formula is C67H116N2O6P+. The molecule has 76 heavy (non-hydrogen) atoms. The van der Waals surface area contributed by atoms with Crippen LogP contribution in [-0.4, -0.2) is 73.4 Å². The molecule has 0 saturated carbocycles. The molecular weight excluding hydrogens is 960 g/mol. The Kier molecular flexibility index (Phi) is 53.9. The number of nitrogens with zero attached hydrogens (tertiary/aromatic N) is 1. The smallest absolute Gasteiger partial charge is 0.387 e. The van der Waals surface area contributed by atoms with Crippen LogP contribution >= 0.6 is 7.82 Å². The Morgan fingerprint density at radius 2 is 0.803 bits per heavy atom. The number of hydrogen-bond acceptors (Lipinski definition) is 5. The van der Waals surface area contributed by atoms with Crippen molar-refractivity contribution >= 4 is 13.7 Å². The Hall–Kier alpha value is -3.36. The van der Waals surface area contributed by atoms with E-state index in [1.165, 1.54) is 116 Å². The van der Waals surface area contributed by atoms with Gasteiger partial charge < -0.3 is 19.8 Å². The molecule has 0 aromatic carbocycles. The van der Waals surface area contributed by atoms with E-state index < -0.39 is 20.0 Å². The van der Waals surface area contributed by atoms with Crippen LogP contribution in [0, 0.1) is 0 Å². The zero-order chi connectivity index (χ0) is 55.6. The molecule has 3 unspecified atom stereocenters. The predicted octanol–water partition coefficient (Wildman–Crippen LogP) is 19.1. The van der Waals surface area contributed by atoms with E-state index in [4.69, 9.17) is 9.05 Å². The Balaban J connectivity index is 4.16. The molecule has 3 atom stereocenters.